The van der Waals surface area contributed by atoms with Gasteiger partial charge in [-0.1, -0.05) is 5.92 Å². The van der Waals surface area contributed by atoms with Crippen molar-refractivity contribution in [3.05, 3.63) is 0 Å². The molecule has 1 rings (SSSR count). The van der Waals surface area contributed by atoms with Gasteiger partial charge in [-0.3, -0.25) is 0 Å². The first-order valence-corrected chi connectivity index (χ1v) is 6.52. The fourth-order valence-corrected chi connectivity index (χ4v) is 1.96. The Hall–Kier alpha value is -1.21. The first-order chi connectivity index (χ1) is 8.31. The molecule has 0 bridgehead atoms. The van der Waals surface area contributed by atoms with Crippen molar-refractivity contribution in [2.75, 3.05) is 13.1 Å². The standard InChI is InChI=1S/C14H24N2O2/c1-6-11(2)15-12-7-9-16(10-8-12)13(17)18-14(3,4)5/h1,11-12,15H,7-10H2,2-5H3. The molecule has 0 aromatic rings. The van der Waals surface area contributed by atoms with E-state index in [1.165, 1.54) is 0 Å². The highest BCUT2D eigenvalue weighted by Gasteiger charge is 2.26. The number of hydrogen-bond acceptors (Lipinski definition) is 3. The smallest absolute Gasteiger partial charge is 0.410 e. The zero-order valence-electron chi connectivity index (χ0n) is 11.8. The number of hydrogen-bond donors (Lipinski definition) is 1. The molecule has 0 saturated carbocycles. The number of ether oxygens (including phenoxy) is 1. The Morgan fingerprint density at radius 3 is 2.44 bits per heavy atom. The zero-order chi connectivity index (χ0) is 13.8. The molecule has 0 aromatic heterocycles. The number of terminal acetylenes is 1. The molecule has 102 valence electrons. The van der Waals surface area contributed by atoms with Gasteiger partial charge in [-0.05, 0) is 40.5 Å². The van der Waals surface area contributed by atoms with Crippen molar-refractivity contribution in [2.45, 2.75) is 58.2 Å². The maximum Gasteiger partial charge on any atom is 0.410 e. The van der Waals surface area contributed by atoms with Crippen molar-refractivity contribution in [2.24, 2.45) is 0 Å². The molecule has 1 saturated heterocycles. The first-order valence-electron chi connectivity index (χ1n) is 6.52. The second-order valence-electron chi connectivity index (χ2n) is 5.80. The van der Waals surface area contributed by atoms with Crippen LogP contribution in [0.25, 0.3) is 0 Å². The van der Waals surface area contributed by atoms with E-state index in [0.717, 1.165) is 25.9 Å². The average Bonchev–Trinajstić information content (AvgIpc) is 2.27. The fraction of sp³-hybridized carbons (Fsp3) is 0.786. The highest BCUT2D eigenvalue weighted by Crippen LogP contribution is 2.15. The summed E-state index contributed by atoms with van der Waals surface area (Å²) in [5.41, 5.74) is -0.426. The molecule has 1 amide bonds. The molecule has 1 heterocycles. The van der Waals surface area contributed by atoms with Gasteiger partial charge in [-0.2, -0.15) is 0 Å². The Balaban J connectivity index is 2.35. The van der Waals surface area contributed by atoms with Crippen molar-refractivity contribution in [3.8, 4) is 12.3 Å². The van der Waals surface area contributed by atoms with Crippen molar-refractivity contribution >= 4 is 6.09 Å². The third kappa shape index (κ3) is 4.97. The third-order valence-electron chi connectivity index (χ3n) is 2.88. The molecule has 1 fully saturated rings. The van der Waals surface area contributed by atoms with Crippen LogP contribution in [0.15, 0.2) is 0 Å². The van der Waals surface area contributed by atoms with Gasteiger partial charge in [-0.25, -0.2) is 4.79 Å². The first kappa shape index (κ1) is 14.8. The largest absolute Gasteiger partial charge is 0.444 e. The van der Waals surface area contributed by atoms with E-state index in [-0.39, 0.29) is 12.1 Å². The monoisotopic (exact) mass is 252 g/mol. The molecule has 1 aliphatic heterocycles. The zero-order valence-corrected chi connectivity index (χ0v) is 11.8. The van der Waals surface area contributed by atoms with Gasteiger partial charge >= 0.3 is 6.09 Å². The van der Waals surface area contributed by atoms with E-state index in [1.54, 1.807) is 4.90 Å². The SMILES string of the molecule is C#CC(C)NC1CCN(C(=O)OC(C)(C)C)CC1. The van der Waals surface area contributed by atoms with Crippen LogP contribution < -0.4 is 5.32 Å². The number of piperidine rings is 1. The van der Waals surface area contributed by atoms with E-state index in [4.69, 9.17) is 11.2 Å². The van der Waals surface area contributed by atoms with Crippen LogP contribution in [0.2, 0.25) is 0 Å². The summed E-state index contributed by atoms with van der Waals surface area (Å²) in [5, 5.41) is 3.36. The van der Waals surface area contributed by atoms with Crippen molar-refractivity contribution < 1.29 is 9.53 Å². The van der Waals surface area contributed by atoms with E-state index < -0.39 is 5.60 Å². The molecule has 4 nitrogen and oxygen atoms in total. The van der Waals surface area contributed by atoms with Gasteiger partial charge < -0.3 is 15.0 Å². The maximum atomic E-state index is 11.8. The topological polar surface area (TPSA) is 41.6 Å². The van der Waals surface area contributed by atoms with Crippen LogP contribution in [-0.2, 0) is 4.74 Å². The minimum absolute atomic E-state index is 0.0862. The molecule has 0 spiro atoms. The van der Waals surface area contributed by atoms with Crippen molar-refractivity contribution in [1.82, 2.24) is 10.2 Å². The maximum absolute atomic E-state index is 11.8. The van der Waals surface area contributed by atoms with Crippen LogP contribution in [0.3, 0.4) is 0 Å². The Labute approximate surface area is 110 Å². The lowest BCUT2D eigenvalue weighted by molar-refractivity contribution is 0.0197. The summed E-state index contributed by atoms with van der Waals surface area (Å²) in [6, 6.07) is 0.484. The molecule has 1 unspecified atom stereocenters. The van der Waals surface area contributed by atoms with Crippen LogP contribution in [0.4, 0.5) is 4.79 Å². The second-order valence-corrected chi connectivity index (χ2v) is 5.80. The van der Waals surface area contributed by atoms with Gasteiger partial charge in [0, 0.05) is 19.1 Å². The Bertz CT molecular complexity index is 320. The average molecular weight is 252 g/mol. The molecule has 0 radical (unpaired) electrons. The minimum atomic E-state index is -0.426. The van der Waals surface area contributed by atoms with Gasteiger partial charge in [0.15, 0.2) is 0 Å². The molecule has 18 heavy (non-hydrogen) atoms. The highest BCUT2D eigenvalue weighted by atomic mass is 16.6. The van der Waals surface area contributed by atoms with Gasteiger partial charge in [0.05, 0.1) is 6.04 Å². The number of likely N-dealkylation sites (tertiary alicyclic amines) is 1. The summed E-state index contributed by atoms with van der Waals surface area (Å²) in [4.78, 5) is 13.6. The predicted octanol–water partition coefficient (Wildman–Crippen LogP) is 2.00. The minimum Gasteiger partial charge on any atom is -0.444 e. The summed E-state index contributed by atoms with van der Waals surface area (Å²) in [7, 11) is 0. The van der Waals surface area contributed by atoms with E-state index in [9.17, 15) is 4.79 Å². The van der Waals surface area contributed by atoms with E-state index in [0.29, 0.717) is 6.04 Å². The predicted molar refractivity (Wildman–Crippen MR) is 72.3 cm³/mol. The second kappa shape index (κ2) is 6.10. The number of rotatable bonds is 2. The van der Waals surface area contributed by atoms with Crippen LogP contribution in [0, 0.1) is 12.3 Å². The lowest BCUT2D eigenvalue weighted by atomic mass is 10.0. The fourth-order valence-electron chi connectivity index (χ4n) is 1.96. The van der Waals surface area contributed by atoms with Crippen molar-refractivity contribution in [1.29, 1.82) is 0 Å². The van der Waals surface area contributed by atoms with E-state index >= 15 is 0 Å². The van der Waals surface area contributed by atoms with Crippen LogP contribution in [0.5, 0.6) is 0 Å². The quantitative estimate of drug-likeness (QED) is 0.764. The summed E-state index contributed by atoms with van der Waals surface area (Å²) in [5.74, 6) is 2.66. The molecular formula is C14H24N2O2. The van der Waals surface area contributed by atoms with Gasteiger partial charge in [0.25, 0.3) is 0 Å². The molecule has 1 aliphatic rings. The van der Waals surface area contributed by atoms with Crippen LogP contribution >= 0.6 is 0 Å². The number of nitrogens with one attached hydrogen (secondary N) is 1. The summed E-state index contributed by atoms with van der Waals surface area (Å²) in [6.07, 6.45) is 6.96. The van der Waals surface area contributed by atoms with Gasteiger partial charge in [0.1, 0.15) is 5.60 Å². The Morgan fingerprint density at radius 2 is 2.00 bits per heavy atom. The normalized spacial score (nSPS) is 19.2. The lowest BCUT2D eigenvalue weighted by Crippen LogP contribution is -2.48. The number of carbonyl (C=O) groups is 1. The van der Waals surface area contributed by atoms with E-state index in [2.05, 4.69) is 11.2 Å². The van der Waals surface area contributed by atoms with E-state index in [1.807, 2.05) is 27.7 Å². The molecule has 4 heteroatoms. The van der Waals surface area contributed by atoms with Crippen molar-refractivity contribution in [3.63, 3.8) is 0 Å². The Kier molecular flexibility index (Phi) is 5.03. The number of nitrogens with zero attached hydrogens (tertiary/aromatic N) is 1. The summed E-state index contributed by atoms with van der Waals surface area (Å²) in [6.45, 7) is 9.07. The molecule has 0 aromatic carbocycles. The summed E-state index contributed by atoms with van der Waals surface area (Å²) < 4.78 is 5.35. The van der Waals surface area contributed by atoms with Gasteiger partial charge in [0.2, 0.25) is 0 Å². The Morgan fingerprint density at radius 1 is 1.44 bits per heavy atom. The molecule has 1 atom stereocenters. The molecule has 0 aliphatic carbocycles. The molecular weight excluding hydrogens is 228 g/mol. The third-order valence-corrected chi connectivity index (χ3v) is 2.88. The van der Waals surface area contributed by atoms with Crippen LogP contribution in [0.1, 0.15) is 40.5 Å². The number of amides is 1. The van der Waals surface area contributed by atoms with Gasteiger partial charge in [-0.15, -0.1) is 6.42 Å². The highest BCUT2D eigenvalue weighted by molar-refractivity contribution is 5.68. The number of carbonyl (C=O) groups excluding carboxylic acids is 1. The molecule has 1 N–H and O–H groups in total. The summed E-state index contributed by atoms with van der Waals surface area (Å²) >= 11 is 0. The lowest BCUT2D eigenvalue weighted by Gasteiger charge is -2.34. The van der Waals surface area contributed by atoms with Crippen LogP contribution in [-0.4, -0.2) is 41.8 Å².